The number of nitrogens with zero attached hydrogens (tertiary/aromatic N) is 4. The number of anilines is 2. The quantitative estimate of drug-likeness (QED) is 0.0652. The van der Waals surface area contributed by atoms with Crippen molar-refractivity contribution in [3.05, 3.63) is 101 Å². The van der Waals surface area contributed by atoms with E-state index in [1.165, 1.54) is 18.3 Å². The Bertz CT molecular complexity index is 2490. The third kappa shape index (κ3) is 14.1. The molecule has 2 aromatic carbocycles. The van der Waals surface area contributed by atoms with Crippen LogP contribution in [0, 0.1) is 6.92 Å². The topological polar surface area (TPSA) is 209 Å². The molecule has 2 aromatic heterocycles. The Morgan fingerprint density at radius 1 is 0.857 bits per heavy atom. The number of morpholine rings is 1. The Balaban J connectivity index is 0.743. The highest BCUT2D eigenvalue weighted by Crippen LogP contribution is 2.35. The van der Waals surface area contributed by atoms with E-state index in [9.17, 15) is 37.1 Å². The molecule has 0 aliphatic carbocycles. The Morgan fingerprint density at radius 3 is 2.37 bits per heavy atom. The molecule has 3 aliphatic heterocycles. The van der Waals surface area contributed by atoms with Crippen LogP contribution in [0.25, 0.3) is 11.1 Å². The summed E-state index contributed by atoms with van der Waals surface area (Å²) in [4.78, 5) is 74.8. The van der Waals surface area contributed by atoms with Gasteiger partial charge in [-0.3, -0.25) is 34.3 Å². The van der Waals surface area contributed by atoms with Crippen molar-refractivity contribution in [2.45, 2.75) is 51.4 Å². The number of aromatic nitrogens is 2. The average Bonchev–Trinajstić information content (AvgIpc) is 3.69. The lowest BCUT2D eigenvalue weighted by Gasteiger charge is -2.30. The van der Waals surface area contributed by atoms with Gasteiger partial charge in [-0.1, -0.05) is 18.2 Å². The zero-order chi connectivity index (χ0) is 49.5. The first-order valence-corrected chi connectivity index (χ1v) is 23.1. The summed E-state index contributed by atoms with van der Waals surface area (Å²) >= 11 is 0. The van der Waals surface area contributed by atoms with Gasteiger partial charge in [-0.05, 0) is 73.7 Å². The normalized spacial score (nSPS) is 16.0. The van der Waals surface area contributed by atoms with E-state index >= 15 is 0 Å². The molecule has 21 heteroatoms. The van der Waals surface area contributed by atoms with Crippen LogP contribution in [0.15, 0.2) is 67.0 Å². The van der Waals surface area contributed by atoms with Crippen LogP contribution in [-0.2, 0) is 57.2 Å². The number of amides is 5. The lowest BCUT2D eigenvalue weighted by atomic mass is 10.00. The van der Waals surface area contributed by atoms with E-state index in [1.807, 2.05) is 18.2 Å². The standard InChI is InChI=1S/C49H56F3N7O11/c1-32-39(27-37(29-54-32)56-45(62)34-6-2-8-36(25-34)49(50,51)52)35-26-42(58-13-17-66-18-14-58)47(55-28-35)70-24-23-68-20-19-67-21-22-69-31-44(61)53-12-16-65-15-4-7-33-5-3-9-38-40(33)30-59(48(38)64)41-10-11-43(60)57-46(41)63/h2-3,5-6,8-9,25-29,41H,4,7,10-24,30-31H2,1H3,(H,53,61)(H,56,62)(H,57,60,63). The number of carbonyl (C=O) groups excluding carboxylic acids is 5. The summed E-state index contributed by atoms with van der Waals surface area (Å²) in [5.74, 6) is -1.55. The van der Waals surface area contributed by atoms with Crippen LogP contribution >= 0.6 is 0 Å². The van der Waals surface area contributed by atoms with Crippen LogP contribution in [-0.4, -0.2) is 143 Å². The first kappa shape index (κ1) is 51.3. The number of fused-ring (bicyclic) bond motifs is 1. The fourth-order valence-electron chi connectivity index (χ4n) is 8.13. The van der Waals surface area contributed by atoms with Crippen molar-refractivity contribution in [3.8, 4) is 17.0 Å². The van der Waals surface area contributed by atoms with Gasteiger partial charge in [0, 0.05) is 73.4 Å². The van der Waals surface area contributed by atoms with Crippen LogP contribution in [0.2, 0.25) is 0 Å². The van der Waals surface area contributed by atoms with Crippen LogP contribution in [0.4, 0.5) is 24.5 Å². The Kier molecular flexibility index (Phi) is 18.2. The van der Waals surface area contributed by atoms with Gasteiger partial charge in [0.15, 0.2) is 0 Å². The summed E-state index contributed by atoms with van der Waals surface area (Å²) in [6, 6.07) is 12.7. The van der Waals surface area contributed by atoms with E-state index in [-0.39, 0.29) is 62.7 Å². The van der Waals surface area contributed by atoms with Gasteiger partial charge < -0.3 is 48.9 Å². The summed E-state index contributed by atoms with van der Waals surface area (Å²) in [7, 11) is 0. The Hall–Kier alpha value is -6.52. The molecule has 374 valence electrons. The molecular formula is C49H56F3N7O11. The first-order chi connectivity index (χ1) is 33.9. The molecule has 2 saturated heterocycles. The van der Waals surface area contributed by atoms with Crippen molar-refractivity contribution in [2.24, 2.45) is 0 Å². The van der Waals surface area contributed by atoms with Crippen LogP contribution in [0.1, 0.15) is 62.4 Å². The second-order valence-electron chi connectivity index (χ2n) is 16.6. The number of ether oxygens (including phenoxy) is 6. The number of alkyl halides is 3. The summed E-state index contributed by atoms with van der Waals surface area (Å²) in [5.41, 5.74) is 4.47. The molecule has 4 aromatic rings. The molecule has 3 aliphatic rings. The van der Waals surface area contributed by atoms with Crippen LogP contribution in [0.5, 0.6) is 5.88 Å². The maximum absolute atomic E-state index is 13.3. The van der Waals surface area contributed by atoms with Crippen molar-refractivity contribution in [2.75, 3.05) is 103 Å². The largest absolute Gasteiger partial charge is 0.474 e. The van der Waals surface area contributed by atoms with Crippen molar-refractivity contribution < 1.29 is 65.6 Å². The molecule has 18 nitrogen and oxygen atoms in total. The Morgan fingerprint density at radius 2 is 1.60 bits per heavy atom. The van der Waals surface area contributed by atoms with E-state index in [4.69, 9.17) is 28.4 Å². The highest BCUT2D eigenvalue weighted by Gasteiger charge is 2.39. The second kappa shape index (κ2) is 24.9. The highest BCUT2D eigenvalue weighted by atomic mass is 19.4. The summed E-state index contributed by atoms with van der Waals surface area (Å²) in [6.07, 6.45) is 0.388. The number of piperidine rings is 1. The predicted octanol–water partition coefficient (Wildman–Crippen LogP) is 4.51. The number of halogens is 3. The third-order valence-electron chi connectivity index (χ3n) is 11.7. The number of aryl methyl sites for hydroxylation is 2. The zero-order valence-corrected chi connectivity index (χ0v) is 38.8. The van der Waals surface area contributed by atoms with E-state index in [1.54, 1.807) is 30.2 Å². The van der Waals surface area contributed by atoms with E-state index in [0.29, 0.717) is 119 Å². The van der Waals surface area contributed by atoms with Gasteiger partial charge in [0.2, 0.25) is 23.6 Å². The van der Waals surface area contributed by atoms with E-state index in [0.717, 1.165) is 28.9 Å². The lowest BCUT2D eigenvalue weighted by molar-refractivity contribution is -0.138. The predicted molar refractivity (Wildman–Crippen MR) is 247 cm³/mol. The molecule has 3 N–H and O–H groups in total. The smallest absolute Gasteiger partial charge is 0.416 e. The van der Waals surface area contributed by atoms with Gasteiger partial charge in [0.1, 0.15) is 24.9 Å². The SMILES string of the molecule is Cc1ncc(NC(=O)c2cccc(C(F)(F)F)c2)cc1-c1cnc(OCCOCCOCCOCC(=O)NCCOCCCc2cccc3c2CN(C2CCC(=O)NC2=O)C3=O)c(N2CCOCC2)c1. The fourth-order valence-corrected chi connectivity index (χ4v) is 8.13. The molecule has 70 heavy (non-hydrogen) atoms. The van der Waals surface area contributed by atoms with Crippen molar-refractivity contribution in [1.82, 2.24) is 25.5 Å². The third-order valence-corrected chi connectivity index (χ3v) is 11.7. The molecule has 0 spiro atoms. The maximum Gasteiger partial charge on any atom is 0.416 e. The molecule has 5 amide bonds. The van der Waals surface area contributed by atoms with Gasteiger partial charge >= 0.3 is 6.18 Å². The minimum Gasteiger partial charge on any atom is -0.474 e. The van der Waals surface area contributed by atoms with Gasteiger partial charge in [-0.2, -0.15) is 13.2 Å². The van der Waals surface area contributed by atoms with E-state index in [2.05, 4.69) is 30.8 Å². The Labute approximate surface area is 402 Å². The number of hydrogen-bond donors (Lipinski definition) is 3. The van der Waals surface area contributed by atoms with Crippen molar-refractivity contribution in [1.29, 1.82) is 0 Å². The summed E-state index contributed by atoms with van der Waals surface area (Å²) in [5, 5.41) is 7.73. The number of rotatable bonds is 24. The molecule has 1 atom stereocenters. The second-order valence-corrected chi connectivity index (χ2v) is 16.6. The maximum atomic E-state index is 13.3. The lowest BCUT2D eigenvalue weighted by Crippen LogP contribution is -2.52. The van der Waals surface area contributed by atoms with Crippen molar-refractivity contribution >= 4 is 40.9 Å². The molecule has 2 fully saturated rings. The summed E-state index contributed by atoms with van der Waals surface area (Å²) < 4.78 is 73.7. The molecule has 1 unspecified atom stereocenters. The zero-order valence-electron chi connectivity index (χ0n) is 38.8. The average molecular weight is 976 g/mol. The van der Waals surface area contributed by atoms with Crippen LogP contribution in [0.3, 0.4) is 0 Å². The molecule has 7 rings (SSSR count). The van der Waals surface area contributed by atoms with Gasteiger partial charge in [0.25, 0.3) is 11.8 Å². The van der Waals surface area contributed by atoms with E-state index < -0.39 is 29.6 Å². The summed E-state index contributed by atoms with van der Waals surface area (Å²) in [6.45, 7) is 6.90. The molecule has 0 saturated carbocycles. The highest BCUT2D eigenvalue weighted by molar-refractivity contribution is 6.06. The molecule has 5 heterocycles. The molecule has 0 radical (unpaired) electrons. The number of benzene rings is 2. The monoisotopic (exact) mass is 975 g/mol. The van der Waals surface area contributed by atoms with Gasteiger partial charge in [-0.25, -0.2) is 4.98 Å². The minimum atomic E-state index is -4.59. The van der Waals surface area contributed by atoms with Gasteiger partial charge in [-0.15, -0.1) is 0 Å². The van der Waals surface area contributed by atoms with Gasteiger partial charge in [0.05, 0.1) is 70.3 Å². The number of imide groups is 1. The van der Waals surface area contributed by atoms with Crippen LogP contribution < -0.4 is 25.6 Å². The fraction of sp³-hybridized carbons (Fsp3) is 0.449. The first-order valence-electron chi connectivity index (χ1n) is 23.1. The van der Waals surface area contributed by atoms with Crippen molar-refractivity contribution in [3.63, 3.8) is 0 Å². The number of nitrogens with one attached hydrogen (secondary N) is 3. The number of carbonyl (C=O) groups is 5. The molecule has 0 bridgehead atoms. The number of pyridine rings is 2. The minimum absolute atomic E-state index is 0.125. The number of hydrogen-bond acceptors (Lipinski definition) is 14. The molecular weight excluding hydrogens is 920 g/mol.